The van der Waals surface area contributed by atoms with Gasteiger partial charge in [0, 0.05) is 6.54 Å². The Kier molecular flexibility index (Phi) is 5.82. The highest BCUT2D eigenvalue weighted by Crippen LogP contribution is 2.19. The van der Waals surface area contributed by atoms with Gasteiger partial charge in [-0.1, -0.05) is 12.1 Å². The van der Waals surface area contributed by atoms with Crippen molar-refractivity contribution in [2.45, 2.75) is 19.3 Å². The molecule has 0 saturated heterocycles. The summed E-state index contributed by atoms with van der Waals surface area (Å²) >= 11 is 0. The number of alkyl halides is 3. The van der Waals surface area contributed by atoms with Crippen LogP contribution in [0.1, 0.15) is 11.1 Å². The fourth-order valence-electron chi connectivity index (χ4n) is 2.84. The second-order valence-corrected chi connectivity index (χ2v) is 6.51. The van der Waals surface area contributed by atoms with E-state index in [1.165, 1.54) is 30.3 Å². The number of carbonyl (C=O) groups excluding carboxylic acids is 1. The van der Waals surface area contributed by atoms with Gasteiger partial charge in [-0.15, -0.1) is 0 Å². The molecule has 2 aromatic carbocycles. The van der Waals surface area contributed by atoms with Crippen LogP contribution in [0, 0.1) is 17.1 Å². The maximum absolute atomic E-state index is 13.4. The number of nitriles is 1. The number of fused-ring (bicyclic) bond motifs is 1. The van der Waals surface area contributed by atoms with Gasteiger partial charge in [-0.2, -0.15) is 18.4 Å². The fraction of sp³-hybridized carbons (Fsp3) is 0.200. The van der Waals surface area contributed by atoms with Crippen LogP contribution in [0.5, 0.6) is 0 Å². The number of hydrogen-bond acceptors (Lipinski definition) is 4. The minimum absolute atomic E-state index is 0.0836. The highest BCUT2D eigenvalue weighted by molar-refractivity contribution is 5.79. The molecule has 3 aromatic rings. The molecule has 0 aliphatic carbocycles. The number of rotatable bonds is 5. The Hall–Kier alpha value is -3.74. The molecule has 10 heteroatoms. The summed E-state index contributed by atoms with van der Waals surface area (Å²) < 4.78 is 53.3. The third-order valence-electron chi connectivity index (χ3n) is 4.27. The maximum atomic E-state index is 13.4. The second kappa shape index (κ2) is 8.32. The van der Waals surface area contributed by atoms with E-state index in [4.69, 9.17) is 5.26 Å². The van der Waals surface area contributed by atoms with Gasteiger partial charge in [0.1, 0.15) is 18.9 Å². The van der Waals surface area contributed by atoms with Crippen molar-refractivity contribution in [1.29, 1.82) is 5.26 Å². The van der Waals surface area contributed by atoms with Crippen LogP contribution >= 0.6 is 0 Å². The lowest BCUT2D eigenvalue weighted by Crippen LogP contribution is -2.41. The lowest BCUT2D eigenvalue weighted by atomic mass is 10.1. The lowest BCUT2D eigenvalue weighted by molar-refractivity contribution is -0.162. The zero-order chi connectivity index (χ0) is 21.9. The SMILES string of the molecule is N#Cc1ccc(CN(CC(F)(F)F)C(=O)Cn2cnc3ccc(F)cc3c2=O)cc1. The van der Waals surface area contributed by atoms with Crippen LogP contribution in [0.3, 0.4) is 0 Å². The number of nitrogens with zero attached hydrogens (tertiary/aromatic N) is 4. The Morgan fingerprint density at radius 1 is 1.17 bits per heavy atom. The molecule has 1 amide bonds. The van der Waals surface area contributed by atoms with Crippen LogP contribution in [0.25, 0.3) is 10.9 Å². The van der Waals surface area contributed by atoms with E-state index in [-0.39, 0.29) is 17.4 Å². The van der Waals surface area contributed by atoms with E-state index in [0.29, 0.717) is 16.0 Å². The number of aromatic nitrogens is 2. The molecule has 154 valence electrons. The second-order valence-electron chi connectivity index (χ2n) is 6.51. The average molecular weight is 418 g/mol. The molecule has 30 heavy (non-hydrogen) atoms. The van der Waals surface area contributed by atoms with Crippen molar-refractivity contribution in [3.05, 3.63) is 76.1 Å². The quantitative estimate of drug-likeness (QED) is 0.597. The molecule has 1 heterocycles. The van der Waals surface area contributed by atoms with E-state index in [1.807, 2.05) is 6.07 Å². The number of amides is 1. The van der Waals surface area contributed by atoms with Gasteiger partial charge in [0.25, 0.3) is 5.56 Å². The first-order valence-electron chi connectivity index (χ1n) is 8.64. The molecule has 1 aromatic heterocycles. The Labute approximate surface area is 167 Å². The Bertz CT molecular complexity index is 1180. The van der Waals surface area contributed by atoms with E-state index in [9.17, 15) is 27.2 Å². The first-order valence-corrected chi connectivity index (χ1v) is 8.64. The molecule has 0 spiro atoms. The number of halogens is 4. The minimum Gasteiger partial charge on any atom is -0.328 e. The Morgan fingerprint density at radius 3 is 2.50 bits per heavy atom. The average Bonchev–Trinajstić information content (AvgIpc) is 2.69. The van der Waals surface area contributed by atoms with E-state index in [1.54, 1.807) is 0 Å². The minimum atomic E-state index is -4.65. The van der Waals surface area contributed by atoms with Crippen molar-refractivity contribution in [2.24, 2.45) is 0 Å². The standard InChI is InChI=1S/C20H14F4N4O2/c21-15-5-6-17-16(7-15)19(30)28(12-26-17)10-18(29)27(11-20(22,23)24)9-14-3-1-13(8-25)2-4-14/h1-7,12H,9-11H2. The number of hydrogen-bond donors (Lipinski definition) is 0. The van der Waals surface area contributed by atoms with Gasteiger partial charge in [0.2, 0.25) is 5.91 Å². The van der Waals surface area contributed by atoms with Crippen molar-refractivity contribution < 1.29 is 22.4 Å². The van der Waals surface area contributed by atoms with Gasteiger partial charge in [-0.05, 0) is 35.9 Å². The summed E-state index contributed by atoms with van der Waals surface area (Å²) in [6, 6.07) is 11.0. The highest BCUT2D eigenvalue weighted by Gasteiger charge is 2.33. The summed E-state index contributed by atoms with van der Waals surface area (Å²) in [6.45, 7) is -2.57. The van der Waals surface area contributed by atoms with Gasteiger partial charge in [0.05, 0.1) is 28.9 Å². The summed E-state index contributed by atoms with van der Waals surface area (Å²) in [4.78, 5) is 29.6. The predicted octanol–water partition coefficient (Wildman–Crippen LogP) is 3.00. The van der Waals surface area contributed by atoms with Gasteiger partial charge in [0.15, 0.2) is 0 Å². The molecule has 0 aliphatic rings. The highest BCUT2D eigenvalue weighted by atomic mass is 19.4. The van der Waals surface area contributed by atoms with Gasteiger partial charge < -0.3 is 4.90 Å². The fourth-order valence-corrected chi connectivity index (χ4v) is 2.84. The number of carbonyl (C=O) groups is 1. The summed E-state index contributed by atoms with van der Waals surface area (Å²) in [5.41, 5.74) is 0.180. The third-order valence-corrected chi connectivity index (χ3v) is 4.27. The Morgan fingerprint density at radius 2 is 1.87 bits per heavy atom. The molecule has 0 atom stereocenters. The largest absolute Gasteiger partial charge is 0.406 e. The molecule has 0 bridgehead atoms. The zero-order valence-corrected chi connectivity index (χ0v) is 15.4. The van der Waals surface area contributed by atoms with Gasteiger partial charge in [-0.25, -0.2) is 9.37 Å². The van der Waals surface area contributed by atoms with Crippen molar-refractivity contribution in [1.82, 2.24) is 14.5 Å². The molecule has 0 radical (unpaired) electrons. The molecule has 0 N–H and O–H groups in total. The smallest absolute Gasteiger partial charge is 0.328 e. The van der Waals surface area contributed by atoms with Crippen molar-refractivity contribution in [3.63, 3.8) is 0 Å². The molecule has 0 unspecified atom stereocenters. The van der Waals surface area contributed by atoms with E-state index in [0.717, 1.165) is 23.0 Å². The summed E-state index contributed by atoms with van der Waals surface area (Å²) in [5.74, 6) is -1.64. The van der Waals surface area contributed by atoms with E-state index < -0.39 is 36.5 Å². The summed E-state index contributed by atoms with van der Waals surface area (Å²) in [6.07, 6.45) is -3.62. The van der Waals surface area contributed by atoms with Crippen LogP contribution in [-0.4, -0.2) is 33.1 Å². The van der Waals surface area contributed by atoms with E-state index >= 15 is 0 Å². The first-order chi connectivity index (χ1) is 14.2. The third kappa shape index (κ3) is 5.00. The monoisotopic (exact) mass is 418 g/mol. The molecule has 0 saturated carbocycles. The molecule has 3 rings (SSSR count). The van der Waals surface area contributed by atoms with Crippen LogP contribution in [0.15, 0.2) is 53.6 Å². The summed E-state index contributed by atoms with van der Waals surface area (Å²) in [5, 5.41) is 8.73. The van der Waals surface area contributed by atoms with Crippen LogP contribution < -0.4 is 5.56 Å². The zero-order valence-electron chi connectivity index (χ0n) is 15.4. The van der Waals surface area contributed by atoms with Crippen molar-refractivity contribution in [2.75, 3.05) is 6.54 Å². The van der Waals surface area contributed by atoms with Crippen LogP contribution in [-0.2, 0) is 17.9 Å². The molecule has 0 aliphatic heterocycles. The molecule has 0 fully saturated rings. The maximum Gasteiger partial charge on any atom is 0.406 e. The predicted molar refractivity (Wildman–Crippen MR) is 98.6 cm³/mol. The Balaban J connectivity index is 1.87. The molecular formula is C20H14F4N4O2. The molecular weight excluding hydrogens is 404 g/mol. The van der Waals surface area contributed by atoms with Crippen molar-refractivity contribution in [3.8, 4) is 6.07 Å². The van der Waals surface area contributed by atoms with Gasteiger partial charge >= 0.3 is 6.18 Å². The topological polar surface area (TPSA) is 79.0 Å². The summed E-state index contributed by atoms with van der Waals surface area (Å²) in [7, 11) is 0. The first kappa shape index (κ1) is 21.0. The molecule has 6 nitrogen and oxygen atoms in total. The van der Waals surface area contributed by atoms with E-state index in [2.05, 4.69) is 4.98 Å². The number of benzene rings is 2. The normalized spacial score (nSPS) is 11.3. The van der Waals surface area contributed by atoms with Crippen LogP contribution in [0.4, 0.5) is 17.6 Å². The van der Waals surface area contributed by atoms with Gasteiger partial charge in [-0.3, -0.25) is 14.2 Å². The van der Waals surface area contributed by atoms with Crippen LogP contribution in [0.2, 0.25) is 0 Å². The lowest BCUT2D eigenvalue weighted by Gasteiger charge is -2.24. The van der Waals surface area contributed by atoms with Crippen molar-refractivity contribution >= 4 is 16.8 Å².